The smallest absolute Gasteiger partial charge is 0.155 e. The molecule has 2 atom stereocenters. The first-order valence-electron chi connectivity index (χ1n) is 18.8. The van der Waals surface area contributed by atoms with Crippen LogP contribution in [0.15, 0.2) is 180 Å². The molecule has 0 N–H and O–H groups in total. The number of aliphatic imine (C=N–C) groups is 2. The Morgan fingerprint density at radius 3 is 2.04 bits per heavy atom. The number of rotatable bonds is 5. The number of benzene rings is 8. The van der Waals surface area contributed by atoms with Crippen LogP contribution in [0.1, 0.15) is 36.1 Å². The molecule has 54 heavy (non-hydrogen) atoms. The quantitative estimate of drug-likeness (QED) is 0.170. The van der Waals surface area contributed by atoms with Gasteiger partial charge in [0.1, 0.15) is 0 Å². The van der Waals surface area contributed by atoms with Gasteiger partial charge in [0, 0.05) is 42.4 Å². The lowest BCUT2D eigenvalue weighted by atomic mass is 9.82. The standard InChI is InChI=1S/C50H35N3S/c1-2-38-48(32-15-4-3-5-16-32)51-50(52-49(38)36-25-24-31-14-6-7-17-33(31)26-36)37-29-44(47-40-21-11-13-23-45(40)54-46(47)30-37)53-42-22-12-10-20-39(42)41-27-34-18-8-9-19-35(34)28-43(41)53/h3-30,38,48H,2H2,1H3/t38-,48?/m0/s1. The molecule has 8 aromatic carbocycles. The van der Waals surface area contributed by atoms with Crippen LogP contribution in [0.25, 0.3) is 69.2 Å². The van der Waals surface area contributed by atoms with E-state index in [2.05, 4.69) is 181 Å². The van der Waals surface area contributed by atoms with Crippen LogP contribution in [0.3, 0.4) is 0 Å². The molecule has 1 aliphatic heterocycles. The molecule has 0 spiro atoms. The molecule has 0 aliphatic carbocycles. The Kier molecular flexibility index (Phi) is 7.14. The van der Waals surface area contributed by atoms with Crippen LogP contribution in [0, 0.1) is 5.92 Å². The van der Waals surface area contributed by atoms with Crippen molar-refractivity contribution in [2.24, 2.45) is 15.9 Å². The second-order valence-electron chi connectivity index (χ2n) is 14.4. The fourth-order valence-corrected chi connectivity index (χ4v) is 9.96. The number of hydrogen-bond donors (Lipinski definition) is 0. The number of nitrogens with zero attached hydrogens (tertiary/aromatic N) is 3. The Hall–Kier alpha value is -6.36. The van der Waals surface area contributed by atoms with Gasteiger partial charge in [0.05, 0.1) is 28.5 Å². The van der Waals surface area contributed by atoms with Crippen molar-refractivity contribution in [1.82, 2.24) is 4.57 Å². The molecular formula is C50H35N3S. The fourth-order valence-electron chi connectivity index (χ4n) is 8.79. The van der Waals surface area contributed by atoms with Gasteiger partial charge in [-0.05, 0) is 81.6 Å². The maximum atomic E-state index is 5.59. The zero-order valence-electron chi connectivity index (χ0n) is 29.8. The highest BCUT2D eigenvalue weighted by Crippen LogP contribution is 2.44. The number of thiophene rings is 1. The Morgan fingerprint density at radius 2 is 1.22 bits per heavy atom. The van der Waals surface area contributed by atoms with E-state index in [1.54, 1.807) is 0 Å². The Bertz CT molecular complexity index is 3160. The van der Waals surface area contributed by atoms with Gasteiger partial charge in [-0.15, -0.1) is 11.3 Å². The topological polar surface area (TPSA) is 29.6 Å². The molecule has 256 valence electrons. The lowest BCUT2D eigenvalue weighted by molar-refractivity contribution is 0.532. The van der Waals surface area contributed by atoms with E-state index in [0.29, 0.717) is 0 Å². The maximum absolute atomic E-state index is 5.59. The second-order valence-corrected chi connectivity index (χ2v) is 15.5. The molecule has 1 unspecified atom stereocenters. The van der Waals surface area contributed by atoms with Crippen molar-refractivity contribution in [3.8, 4) is 5.69 Å². The van der Waals surface area contributed by atoms with E-state index < -0.39 is 0 Å². The molecule has 3 nitrogen and oxygen atoms in total. The number of aromatic nitrogens is 1. The molecule has 4 heteroatoms. The summed E-state index contributed by atoms with van der Waals surface area (Å²) in [6, 6.07) is 61.9. The molecule has 3 heterocycles. The summed E-state index contributed by atoms with van der Waals surface area (Å²) in [6.45, 7) is 2.27. The Balaban J connectivity index is 1.22. The first kappa shape index (κ1) is 31.2. The molecule has 0 fully saturated rings. The monoisotopic (exact) mass is 709 g/mol. The van der Waals surface area contributed by atoms with Crippen molar-refractivity contribution in [2.75, 3.05) is 0 Å². The van der Waals surface area contributed by atoms with Gasteiger partial charge in [-0.25, -0.2) is 4.99 Å². The minimum atomic E-state index is -0.0636. The Labute approximate surface area is 317 Å². The molecule has 0 bridgehead atoms. The SMILES string of the molecule is CC[C@@H]1C(c2ccc3ccccc3c2)=NC(c2cc(-n3c4ccccc4c4cc5ccccc5cc43)c3c(c2)sc2ccccc23)=NC1c1ccccc1. The largest absolute Gasteiger partial charge is 0.309 e. The van der Waals surface area contributed by atoms with Crippen LogP contribution in [-0.2, 0) is 0 Å². The van der Waals surface area contributed by atoms with Crippen molar-refractivity contribution in [3.05, 3.63) is 187 Å². The molecule has 11 rings (SSSR count). The van der Waals surface area contributed by atoms with Gasteiger partial charge in [0.2, 0.25) is 0 Å². The molecule has 0 amide bonds. The molecule has 2 aromatic heterocycles. The predicted molar refractivity (Wildman–Crippen MR) is 231 cm³/mol. The summed E-state index contributed by atoms with van der Waals surface area (Å²) >= 11 is 1.85. The van der Waals surface area contributed by atoms with Crippen LogP contribution in [0.5, 0.6) is 0 Å². The van der Waals surface area contributed by atoms with Gasteiger partial charge in [-0.1, -0.05) is 134 Å². The van der Waals surface area contributed by atoms with Crippen LogP contribution in [-0.4, -0.2) is 16.1 Å². The lowest BCUT2D eigenvalue weighted by Crippen LogP contribution is -2.28. The van der Waals surface area contributed by atoms with Gasteiger partial charge >= 0.3 is 0 Å². The third kappa shape index (κ3) is 4.87. The number of hydrogen-bond acceptors (Lipinski definition) is 3. The number of fused-ring (bicyclic) bond motifs is 8. The summed E-state index contributed by atoms with van der Waals surface area (Å²) in [4.78, 5) is 11.2. The van der Waals surface area contributed by atoms with E-state index in [9.17, 15) is 0 Å². The highest BCUT2D eigenvalue weighted by Gasteiger charge is 2.32. The fraction of sp³-hybridized carbons (Fsp3) is 0.0800. The van der Waals surface area contributed by atoms with Crippen molar-refractivity contribution in [1.29, 1.82) is 0 Å². The third-order valence-corrected chi connectivity index (χ3v) is 12.5. The highest BCUT2D eigenvalue weighted by atomic mass is 32.1. The average molecular weight is 710 g/mol. The van der Waals surface area contributed by atoms with E-state index in [0.717, 1.165) is 34.8 Å². The number of amidine groups is 1. The van der Waals surface area contributed by atoms with Crippen LogP contribution in [0.2, 0.25) is 0 Å². The summed E-state index contributed by atoms with van der Waals surface area (Å²) in [7, 11) is 0. The number of para-hydroxylation sites is 1. The Morgan fingerprint density at radius 1 is 0.537 bits per heavy atom. The first-order valence-corrected chi connectivity index (χ1v) is 19.6. The van der Waals surface area contributed by atoms with E-state index in [-0.39, 0.29) is 12.0 Å². The highest BCUT2D eigenvalue weighted by molar-refractivity contribution is 7.26. The summed E-state index contributed by atoms with van der Waals surface area (Å²) in [5.74, 6) is 0.916. The zero-order valence-corrected chi connectivity index (χ0v) is 30.6. The molecule has 0 radical (unpaired) electrons. The van der Waals surface area contributed by atoms with Gasteiger partial charge in [0.25, 0.3) is 0 Å². The predicted octanol–water partition coefficient (Wildman–Crippen LogP) is 13.5. The first-order chi connectivity index (χ1) is 26.7. The minimum absolute atomic E-state index is 0.0636. The average Bonchev–Trinajstić information content (AvgIpc) is 3.77. The molecular weight excluding hydrogens is 675 g/mol. The van der Waals surface area contributed by atoms with Crippen molar-refractivity contribution in [2.45, 2.75) is 19.4 Å². The summed E-state index contributed by atoms with van der Waals surface area (Å²) in [6.07, 6.45) is 0.928. The van der Waals surface area contributed by atoms with E-state index in [1.165, 1.54) is 69.1 Å². The third-order valence-electron chi connectivity index (χ3n) is 11.3. The van der Waals surface area contributed by atoms with E-state index in [1.807, 2.05) is 11.3 Å². The molecule has 0 saturated carbocycles. The zero-order chi connectivity index (χ0) is 35.8. The van der Waals surface area contributed by atoms with E-state index >= 15 is 0 Å². The molecule has 1 aliphatic rings. The van der Waals surface area contributed by atoms with Gasteiger partial charge in [-0.3, -0.25) is 4.99 Å². The van der Waals surface area contributed by atoms with Crippen LogP contribution >= 0.6 is 11.3 Å². The maximum Gasteiger partial charge on any atom is 0.155 e. The summed E-state index contributed by atoms with van der Waals surface area (Å²) in [5.41, 5.74) is 8.05. The summed E-state index contributed by atoms with van der Waals surface area (Å²) < 4.78 is 4.99. The van der Waals surface area contributed by atoms with Crippen molar-refractivity contribution < 1.29 is 0 Å². The van der Waals surface area contributed by atoms with Crippen molar-refractivity contribution >= 4 is 86.4 Å². The summed E-state index contributed by atoms with van der Waals surface area (Å²) in [5, 5.41) is 9.97. The van der Waals surface area contributed by atoms with Crippen molar-refractivity contribution in [3.63, 3.8) is 0 Å². The normalized spacial score (nSPS) is 16.2. The molecule has 10 aromatic rings. The van der Waals surface area contributed by atoms with Gasteiger partial charge in [-0.2, -0.15) is 0 Å². The van der Waals surface area contributed by atoms with Crippen LogP contribution in [0.4, 0.5) is 0 Å². The lowest BCUT2D eigenvalue weighted by Gasteiger charge is -2.30. The van der Waals surface area contributed by atoms with Gasteiger partial charge in [0.15, 0.2) is 5.84 Å². The molecule has 0 saturated heterocycles. The minimum Gasteiger partial charge on any atom is -0.309 e. The van der Waals surface area contributed by atoms with Crippen LogP contribution < -0.4 is 0 Å². The second kappa shape index (κ2) is 12.4. The van der Waals surface area contributed by atoms with Gasteiger partial charge < -0.3 is 4.57 Å². The van der Waals surface area contributed by atoms with E-state index in [4.69, 9.17) is 9.98 Å².